The van der Waals surface area contributed by atoms with E-state index in [1.54, 1.807) is 7.05 Å². The first-order chi connectivity index (χ1) is 14.2. The van der Waals surface area contributed by atoms with Crippen molar-refractivity contribution in [2.45, 2.75) is 13.0 Å². The molecule has 4 rings (SSSR count). The number of nitrogens with one attached hydrogen (secondary N) is 4. The number of nitrogens with zero attached hydrogens (tertiary/aromatic N) is 3. The number of guanidine groups is 1. The van der Waals surface area contributed by atoms with Crippen LogP contribution in [-0.2, 0) is 13.0 Å². The van der Waals surface area contributed by atoms with Crippen molar-refractivity contribution in [3.63, 3.8) is 0 Å². The Hall–Kier alpha value is -3.68. The first-order valence-corrected chi connectivity index (χ1v) is 9.37. The Morgan fingerprint density at radius 2 is 2.10 bits per heavy atom. The maximum Gasteiger partial charge on any atom is 0.191 e. The second-order valence-electron chi connectivity index (χ2n) is 6.64. The van der Waals surface area contributed by atoms with E-state index in [1.165, 1.54) is 18.5 Å². The zero-order valence-corrected chi connectivity index (χ0v) is 16.0. The highest BCUT2D eigenvalue weighted by molar-refractivity contribution is 5.83. The number of aliphatic imine (C=N–C) groups is 1. The Balaban J connectivity index is 1.31. The third-order valence-corrected chi connectivity index (χ3v) is 4.72. The molecule has 0 aliphatic carbocycles. The maximum absolute atomic E-state index is 13.3. The van der Waals surface area contributed by atoms with Gasteiger partial charge in [-0.15, -0.1) is 0 Å². The van der Waals surface area contributed by atoms with Gasteiger partial charge in [0, 0.05) is 42.8 Å². The van der Waals surface area contributed by atoms with E-state index in [4.69, 9.17) is 0 Å². The van der Waals surface area contributed by atoms with Crippen LogP contribution in [0.25, 0.3) is 22.3 Å². The summed E-state index contributed by atoms with van der Waals surface area (Å²) in [7, 11) is 1.74. The van der Waals surface area contributed by atoms with E-state index >= 15 is 0 Å². The molecule has 7 nitrogen and oxygen atoms in total. The molecular weight excluding hydrogens is 369 g/mol. The summed E-state index contributed by atoms with van der Waals surface area (Å²) in [4.78, 5) is 11.6. The molecule has 2 aromatic heterocycles. The summed E-state index contributed by atoms with van der Waals surface area (Å²) in [6, 6.07) is 12.9. The quantitative estimate of drug-likeness (QED) is 0.300. The van der Waals surface area contributed by atoms with Crippen LogP contribution in [0.5, 0.6) is 0 Å². The van der Waals surface area contributed by atoms with Crippen LogP contribution in [0.3, 0.4) is 0 Å². The number of halogens is 1. The number of aromatic nitrogens is 4. The summed E-state index contributed by atoms with van der Waals surface area (Å²) in [6.07, 6.45) is 4.22. The standard InChI is InChI=1S/C21H22FN7/c1-23-21(24-8-7-16-12-25-19-10-17(22)5-6-18(16)19)26-11-14-3-2-4-15(9-14)20-27-13-28-29-20/h2-6,9-10,12-13,25H,7-8,11H2,1H3,(H2,23,24,26)(H,27,28,29). The van der Waals surface area contributed by atoms with Gasteiger partial charge in [0.15, 0.2) is 11.8 Å². The Bertz CT molecular complexity index is 1120. The number of hydrogen-bond acceptors (Lipinski definition) is 3. The third kappa shape index (κ3) is 4.43. The molecule has 4 N–H and O–H groups in total. The van der Waals surface area contributed by atoms with Gasteiger partial charge in [0.05, 0.1) is 0 Å². The van der Waals surface area contributed by atoms with Gasteiger partial charge >= 0.3 is 0 Å². The molecule has 0 aliphatic heterocycles. The number of aromatic amines is 2. The van der Waals surface area contributed by atoms with Crippen LogP contribution in [-0.4, -0.2) is 39.7 Å². The van der Waals surface area contributed by atoms with E-state index in [1.807, 2.05) is 30.5 Å². The Morgan fingerprint density at radius 1 is 1.17 bits per heavy atom. The lowest BCUT2D eigenvalue weighted by atomic mass is 10.1. The smallest absolute Gasteiger partial charge is 0.191 e. The molecular formula is C21H22FN7. The highest BCUT2D eigenvalue weighted by Crippen LogP contribution is 2.19. The topological polar surface area (TPSA) is 93.8 Å². The second-order valence-corrected chi connectivity index (χ2v) is 6.64. The van der Waals surface area contributed by atoms with Gasteiger partial charge in [-0.1, -0.05) is 18.2 Å². The SMILES string of the molecule is CN=C(NCCc1c[nH]c2cc(F)ccc12)NCc1cccc(-c2ncn[nH]2)c1. The predicted molar refractivity (Wildman–Crippen MR) is 112 cm³/mol. The van der Waals surface area contributed by atoms with Crippen molar-refractivity contribution < 1.29 is 4.39 Å². The van der Waals surface area contributed by atoms with Gasteiger partial charge in [0.2, 0.25) is 0 Å². The van der Waals surface area contributed by atoms with Crippen LogP contribution in [0, 0.1) is 5.82 Å². The monoisotopic (exact) mass is 391 g/mol. The minimum absolute atomic E-state index is 0.235. The van der Waals surface area contributed by atoms with Crippen molar-refractivity contribution in [1.29, 1.82) is 0 Å². The number of benzene rings is 2. The first-order valence-electron chi connectivity index (χ1n) is 9.37. The molecule has 2 heterocycles. The van der Waals surface area contributed by atoms with Crippen molar-refractivity contribution >= 4 is 16.9 Å². The lowest BCUT2D eigenvalue weighted by Gasteiger charge is -2.12. The molecule has 4 aromatic rings. The van der Waals surface area contributed by atoms with Gasteiger partial charge in [-0.2, -0.15) is 5.10 Å². The number of hydrogen-bond donors (Lipinski definition) is 4. The van der Waals surface area contributed by atoms with Gasteiger partial charge in [-0.3, -0.25) is 10.1 Å². The summed E-state index contributed by atoms with van der Waals surface area (Å²) in [5, 5.41) is 14.4. The molecule has 2 aromatic carbocycles. The van der Waals surface area contributed by atoms with Crippen LogP contribution < -0.4 is 10.6 Å². The van der Waals surface area contributed by atoms with Gasteiger partial charge in [0.25, 0.3) is 0 Å². The first kappa shape index (κ1) is 18.7. The molecule has 0 bridgehead atoms. The van der Waals surface area contributed by atoms with Gasteiger partial charge < -0.3 is 15.6 Å². The van der Waals surface area contributed by atoms with Crippen LogP contribution in [0.1, 0.15) is 11.1 Å². The van der Waals surface area contributed by atoms with E-state index in [0.717, 1.165) is 45.8 Å². The van der Waals surface area contributed by atoms with Gasteiger partial charge in [-0.25, -0.2) is 9.37 Å². The molecule has 0 fully saturated rings. The van der Waals surface area contributed by atoms with E-state index in [-0.39, 0.29) is 5.82 Å². The molecule has 0 aliphatic rings. The molecule has 0 saturated carbocycles. The molecule has 0 atom stereocenters. The summed E-state index contributed by atoms with van der Waals surface area (Å²) < 4.78 is 13.3. The van der Waals surface area contributed by atoms with Gasteiger partial charge in [-0.05, 0) is 41.8 Å². The van der Waals surface area contributed by atoms with Crippen molar-refractivity contribution in [1.82, 2.24) is 30.8 Å². The minimum Gasteiger partial charge on any atom is -0.361 e. The molecule has 0 unspecified atom stereocenters. The van der Waals surface area contributed by atoms with E-state index in [9.17, 15) is 4.39 Å². The molecule has 29 heavy (non-hydrogen) atoms. The number of H-pyrrole nitrogens is 2. The predicted octanol–water partition coefficient (Wildman–Crippen LogP) is 3.00. The third-order valence-electron chi connectivity index (χ3n) is 4.72. The lowest BCUT2D eigenvalue weighted by Crippen LogP contribution is -2.37. The van der Waals surface area contributed by atoms with Crippen LogP contribution in [0.2, 0.25) is 0 Å². The van der Waals surface area contributed by atoms with Crippen LogP contribution in [0.15, 0.2) is 60.0 Å². The fourth-order valence-corrected chi connectivity index (χ4v) is 3.26. The Morgan fingerprint density at radius 3 is 2.93 bits per heavy atom. The fraction of sp³-hybridized carbons (Fsp3) is 0.190. The zero-order valence-electron chi connectivity index (χ0n) is 16.0. The zero-order chi connectivity index (χ0) is 20.1. The maximum atomic E-state index is 13.3. The summed E-state index contributed by atoms with van der Waals surface area (Å²) in [5.74, 6) is 1.23. The summed E-state index contributed by atoms with van der Waals surface area (Å²) in [5.41, 5.74) is 4.05. The van der Waals surface area contributed by atoms with Crippen molar-refractivity contribution in [2.24, 2.45) is 4.99 Å². The summed E-state index contributed by atoms with van der Waals surface area (Å²) >= 11 is 0. The van der Waals surface area contributed by atoms with Gasteiger partial charge in [0.1, 0.15) is 12.1 Å². The van der Waals surface area contributed by atoms with Crippen LogP contribution in [0.4, 0.5) is 4.39 Å². The summed E-state index contributed by atoms with van der Waals surface area (Å²) in [6.45, 7) is 1.34. The molecule has 0 radical (unpaired) electrons. The average molecular weight is 391 g/mol. The normalized spacial score (nSPS) is 11.7. The Kier molecular flexibility index (Phi) is 5.51. The molecule has 8 heteroatoms. The molecule has 148 valence electrons. The highest BCUT2D eigenvalue weighted by Gasteiger charge is 2.06. The number of fused-ring (bicyclic) bond motifs is 1. The second kappa shape index (κ2) is 8.55. The van der Waals surface area contributed by atoms with E-state index < -0.39 is 0 Å². The largest absolute Gasteiger partial charge is 0.361 e. The lowest BCUT2D eigenvalue weighted by molar-refractivity contribution is 0.629. The Labute approximate surface area is 167 Å². The van der Waals surface area contributed by atoms with E-state index in [2.05, 4.69) is 41.9 Å². The van der Waals surface area contributed by atoms with E-state index in [0.29, 0.717) is 13.1 Å². The molecule has 0 spiro atoms. The fourth-order valence-electron chi connectivity index (χ4n) is 3.26. The minimum atomic E-state index is -0.235. The van der Waals surface area contributed by atoms with Crippen molar-refractivity contribution in [3.05, 3.63) is 71.9 Å². The average Bonchev–Trinajstić information content (AvgIpc) is 3.41. The number of rotatable bonds is 6. The molecule has 0 saturated heterocycles. The van der Waals surface area contributed by atoms with Crippen molar-refractivity contribution in [2.75, 3.05) is 13.6 Å². The van der Waals surface area contributed by atoms with Crippen LogP contribution >= 0.6 is 0 Å². The highest BCUT2D eigenvalue weighted by atomic mass is 19.1. The molecule has 0 amide bonds. The van der Waals surface area contributed by atoms with Crippen molar-refractivity contribution in [3.8, 4) is 11.4 Å².